The molecule has 21 heavy (non-hydrogen) atoms. The van der Waals surface area contributed by atoms with Gasteiger partial charge in [0.25, 0.3) is 0 Å². The van der Waals surface area contributed by atoms with E-state index in [-0.39, 0.29) is 11.9 Å². The van der Waals surface area contributed by atoms with Gasteiger partial charge in [0.05, 0.1) is 6.04 Å². The van der Waals surface area contributed by atoms with Gasteiger partial charge in [0.1, 0.15) is 0 Å². The van der Waals surface area contributed by atoms with Gasteiger partial charge in [0.2, 0.25) is 5.91 Å². The van der Waals surface area contributed by atoms with E-state index in [1.807, 2.05) is 11.8 Å². The number of benzene rings is 1. The molecule has 0 unspecified atom stereocenters. The van der Waals surface area contributed by atoms with Crippen molar-refractivity contribution in [1.29, 1.82) is 0 Å². The summed E-state index contributed by atoms with van der Waals surface area (Å²) in [6, 6.07) is 12.6. The highest BCUT2D eigenvalue weighted by Gasteiger charge is 2.27. The number of likely N-dealkylation sites (N-methyl/N-ethyl adjacent to an activating group) is 1. The Kier molecular flexibility index (Phi) is 4.36. The van der Waals surface area contributed by atoms with Crippen LogP contribution in [-0.4, -0.2) is 36.5 Å². The van der Waals surface area contributed by atoms with Crippen molar-refractivity contribution >= 4 is 17.2 Å². The fourth-order valence-corrected chi connectivity index (χ4v) is 3.52. The first kappa shape index (κ1) is 14.3. The number of carbonyl (C=O) groups is 1. The van der Waals surface area contributed by atoms with E-state index in [1.54, 1.807) is 11.3 Å². The minimum atomic E-state index is -0.0858. The lowest BCUT2D eigenvalue weighted by molar-refractivity contribution is -0.135. The molecule has 1 aliphatic heterocycles. The number of hydrogen-bond acceptors (Lipinski definition) is 3. The summed E-state index contributed by atoms with van der Waals surface area (Å²) in [5, 5.41) is 5.44. The van der Waals surface area contributed by atoms with Crippen molar-refractivity contribution in [3.8, 4) is 10.4 Å². The molecule has 1 saturated heterocycles. The van der Waals surface area contributed by atoms with Crippen LogP contribution in [0.5, 0.6) is 0 Å². The molecule has 0 saturated carbocycles. The van der Waals surface area contributed by atoms with Crippen LogP contribution in [0.25, 0.3) is 10.4 Å². The first-order chi connectivity index (χ1) is 10.3. The molecule has 1 fully saturated rings. The van der Waals surface area contributed by atoms with E-state index >= 15 is 0 Å². The topological polar surface area (TPSA) is 32.3 Å². The van der Waals surface area contributed by atoms with E-state index < -0.39 is 0 Å². The number of carbonyl (C=O) groups excluding carboxylic acids is 1. The Hall–Kier alpha value is -1.65. The smallest absolute Gasteiger partial charge is 0.240 e. The van der Waals surface area contributed by atoms with Crippen LogP contribution in [0.1, 0.15) is 12.5 Å². The van der Waals surface area contributed by atoms with Crippen LogP contribution < -0.4 is 5.32 Å². The molecule has 2 aromatic rings. The molecule has 1 N–H and O–H groups in total. The summed E-state index contributed by atoms with van der Waals surface area (Å²) in [5.74, 6) is 0.227. The van der Waals surface area contributed by atoms with Crippen molar-refractivity contribution in [2.24, 2.45) is 0 Å². The second-order valence-electron chi connectivity index (χ2n) is 5.31. The number of amides is 1. The van der Waals surface area contributed by atoms with E-state index in [1.165, 1.54) is 16.0 Å². The monoisotopic (exact) mass is 300 g/mol. The maximum Gasteiger partial charge on any atom is 0.240 e. The van der Waals surface area contributed by atoms with Gasteiger partial charge in [-0.05, 0) is 35.9 Å². The largest absolute Gasteiger partial charge is 0.340 e. The van der Waals surface area contributed by atoms with E-state index in [9.17, 15) is 4.79 Å². The van der Waals surface area contributed by atoms with Gasteiger partial charge >= 0.3 is 0 Å². The Morgan fingerprint density at radius 3 is 3.00 bits per heavy atom. The highest BCUT2D eigenvalue weighted by atomic mass is 32.1. The van der Waals surface area contributed by atoms with Crippen molar-refractivity contribution in [1.82, 2.24) is 10.2 Å². The molecule has 2 heterocycles. The van der Waals surface area contributed by atoms with Crippen LogP contribution in [0.3, 0.4) is 0 Å². The fourth-order valence-electron chi connectivity index (χ4n) is 2.80. The summed E-state index contributed by atoms with van der Waals surface area (Å²) < 4.78 is 0. The molecular weight excluding hydrogens is 280 g/mol. The van der Waals surface area contributed by atoms with Gasteiger partial charge < -0.3 is 10.2 Å². The zero-order chi connectivity index (χ0) is 14.7. The summed E-state index contributed by atoms with van der Waals surface area (Å²) >= 11 is 1.74. The number of thiophene rings is 1. The minimum absolute atomic E-state index is 0.0858. The van der Waals surface area contributed by atoms with Gasteiger partial charge in [-0.15, -0.1) is 11.3 Å². The molecular formula is C17H20N2OS. The first-order valence-corrected chi connectivity index (χ1v) is 8.31. The predicted octanol–water partition coefficient (Wildman–Crippen LogP) is 2.78. The molecule has 1 aromatic heterocycles. The Balaban J connectivity index is 1.76. The van der Waals surface area contributed by atoms with Gasteiger partial charge in [-0.3, -0.25) is 4.79 Å². The van der Waals surface area contributed by atoms with Gasteiger partial charge in [-0.25, -0.2) is 0 Å². The van der Waals surface area contributed by atoms with Crippen molar-refractivity contribution in [2.75, 3.05) is 19.6 Å². The third-order valence-electron chi connectivity index (χ3n) is 3.94. The number of piperazine rings is 1. The zero-order valence-corrected chi connectivity index (χ0v) is 13.0. The molecule has 1 aliphatic rings. The van der Waals surface area contributed by atoms with Crippen molar-refractivity contribution < 1.29 is 4.79 Å². The van der Waals surface area contributed by atoms with Crippen molar-refractivity contribution in [3.05, 3.63) is 47.3 Å². The first-order valence-electron chi connectivity index (χ1n) is 7.43. The van der Waals surface area contributed by atoms with E-state index in [0.717, 1.165) is 26.1 Å². The van der Waals surface area contributed by atoms with Crippen LogP contribution in [0.4, 0.5) is 0 Å². The fraction of sp³-hybridized carbons (Fsp3) is 0.353. The Morgan fingerprint density at radius 1 is 1.33 bits per heavy atom. The summed E-state index contributed by atoms with van der Waals surface area (Å²) in [7, 11) is 0. The zero-order valence-electron chi connectivity index (χ0n) is 12.2. The molecule has 0 spiro atoms. The van der Waals surface area contributed by atoms with Crippen molar-refractivity contribution in [3.63, 3.8) is 0 Å². The molecule has 4 heteroatoms. The molecule has 0 radical (unpaired) electrons. The quantitative estimate of drug-likeness (QED) is 0.941. The van der Waals surface area contributed by atoms with Crippen LogP contribution in [0.2, 0.25) is 0 Å². The summed E-state index contributed by atoms with van der Waals surface area (Å²) in [6.45, 7) is 4.54. The van der Waals surface area contributed by atoms with Gasteiger partial charge in [0.15, 0.2) is 0 Å². The Bertz CT molecular complexity index is 609. The van der Waals surface area contributed by atoms with Crippen LogP contribution in [-0.2, 0) is 11.2 Å². The normalized spacial score (nSPS) is 19.0. The average molecular weight is 300 g/mol. The second kappa shape index (κ2) is 6.41. The van der Waals surface area contributed by atoms with E-state index in [4.69, 9.17) is 0 Å². The molecule has 0 bridgehead atoms. The van der Waals surface area contributed by atoms with Gasteiger partial charge in [0, 0.05) is 24.5 Å². The standard InChI is InChI=1S/C17H20N2OS/c1-2-19-9-8-18-15(17(19)20)12-13-5-3-6-14(11-13)16-7-4-10-21-16/h3-7,10-11,15,18H,2,8-9,12H2,1H3/t15-/m0/s1. The maximum atomic E-state index is 12.3. The number of hydrogen-bond donors (Lipinski definition) is 1. The average Bonchev–Trinajstić information content (AvgIpc) is 3.04. The Labute approximate surface area is 129 Å². The second-order valence-corrected chi connectivity index (χ2v) is 6.25. The molecule has 0 aliphatic carbocycles. The van der Waals surface area contributed by atoms with Gasteiger partial charge in [-0.2, -0.15) is 0 Å². The molecule has 3 nitrogen and oxygen atoms in total. The molecule has 1 atom stereocenters. The van der Waals surface area contributed by atoms with Gasteiger partial charge in [-0.1, -0.05) is 30.3 Å². The molecule has 3 rings (SSSR count). The lowest BCUT2D eigenvalue weighted by Crippen LogP contribution is -2.55. The lowest BCUT2D eigenvalue weighted by Gasteiger charge is -2.32. The molecule has 1 amide bonds. The van der Waals surface area contributed by atoms with Crippen LogP contribution in [0, 0.1) is 0 Å². The SMILES string of the molecule is CCN1CCN[C@@H](Cc2cccc(-c3cccs3)c2)C1=O. The number of nitrogens with zero attached hydrogens (tertiary/aromatic N) is 1. The Morgan fingerprint density at radius 2 is 2.24 bits per heavy atom. The van der Waals surface area contributed by atoms with Crippen LogP contribution >= 0.6 is 11.3 Å². The predicted molar refractivity (Wildman–Crippen MR) is 87.5 cm³/mol. The number of rotatable bonds is 4. The maximum absolute atomic E-state index is 12.3. The lowest BCUT2D eigenvalue weighted by atomic mass is 10.0. The highest BCUT2D eigenvalue weighted by Crippen LogP contribution is 2.25. The van der Waals surface area contributed by atoms with Crippen LogP contribution in [0.15, 0.2) is 41.8 Å². The molecule has 110 valence electrons. The summed E-state index contributed by atoms with van der Waals surface area (Å²) in [5.41, 5.74) is 2.45. The van der Waals surface area contributed by atoms with Crippen molar-refractivity contribution in [2.45, 2.75) is 19.4 Å². The summed E-state index contributed by atoms with van der Waals surface area (Å²) in [6.07, 6.45) is 0.758. The number of nitrogens with one attached hydrogen (secondary N) is 1. The van der Waals surface area contributed by atoms with E-state index in [2.05, 4.69) is 47.1 Å². The minimum Gasteiger partial charge on any atom is -0.340 e. The van der Waals surface area contributed by atoms with E-state index in [0.29, 0.717) is 0 Å². The third-order valence-corrected chi connectivity index (χ3v) is 4.86. The summed E-state index contributed by atoms with van der Waals surface area (Å²) in [4.78, 5) is 15.5. The highest BCUT2D eigenvalue weighted by molar-refractivity contribution is 7.13. The third kappa shape index (κ3) is 3.17. The molecule has 1 aromatic carbocycles.